The maximum absolute atomic E-state index is 10.4. The van der Waals surface area contributed by atoms with E-state index in [1.807, 2.05) is 31.4 Å². The predicted octanol–water partition coefficient (Wildman–Crippen LogP) is 1.83. The third-order valence-corrected chi connectivity index (χ3v) is 3.67. The van der Waals surface area contributed by atoms with E-state index in [-0.39, 0.29) is 6.42 Å². The molecule has 6 N–H and O–H groups in total. The Labute approximate surface area is 140 Å². The maximum Gasteiger partial charge on any atom is 0.325 e. The van der Waals surface area contributed by atoms with E-state index in [9.17, 15) is 14.7 Å². The Bertz CT molecular complexity index is 464. The molecular weight excluding hydrogens is 320 g/mol. The number of thiophene rings is 1. The highest BCUT2D eigenvalue weighted by Gasteiger charge is 2.18. The molecule has 8 heteroatoms. The minimum Gasteiger partial charge on any atom is -0.481 e. The van der Waals surface area contributed by atoms with Crippen LogP contribution in [0.5, 0.6) is 0 Å². The molecule has 0 aliphatic heterocycles. The quantitative estimate of drug-likeness (QED) is 0.485. The molecule has 0 saturated heterocycles. The number of nitrogens with one attached hydrogen (secondary N) is 1. The van der Waals surface area contributed by atoms with Crippen molar-refractivity contribution in [1.82, 2.24) is 0 Å². The normalized spacial score (nSPS) is 14.3. The fourth-order valence-electron chi connectivity index (χ4n) is 1.67. The Hall–Kier alpha value is -1.64. The molecule has 0 radical (unpaired) electrons. The first-order valence-electron chi connectivity index (χ1n) is 7.31. The summed E-state index contributed by atoms with van der Waals surface area (Å²) in [6.45, 7) is 5.57. The fraction of sp³-hybridized carbons (Fsp3) is 0.600. The number of anilines is 1. The Kier molecular flexibility index (Phi) is 10.2. The Morgan fingerprint density at radius 2 is 1.91 bits per heavy atom. The van der Waals surface area contributed by atoms with Gasteiger partial charge < -0.3 is 26.4 Å². The molecule has 1 rings (SSSR count). The van der Waals surface area contributed by atoms with E-state index in [1.54, 1.807) is 6.92 Å². The van der Waals surface area contributed by atoms with Gasteiger partial charge in [-0.1, -0.05) is 13.8 Å². The monoisotopic (exact) mass is 346 g/mol. The van der Waals surface area contributed by atoms with Gasteiger partial charge in [-0.15, -0.1) is 11.3 Å². The van der Waals surface area contributed by atoms with Gasteiger partial charge in [0.25, 0.3) is 0 Å². The molecular formula is C15H26N2O5S. The molecule has 0 aromatic carbocycles. The number of carbonyl (C=O) groups is 2. The van der Waals surface area contributed by atoms with Crippen LogP contribution >= 0.6 is 11.3 Å². The zero-order chi connectivity index (χ0) is 18.0. The van der Waals surface area contributed by atoms with Crippen LogP contribution in [0.25, 0.3) is 0 Å². The standard InChI is InChI=1S/C8H17NO3.C7H9NO2S/c1-5(2)3-6(9)7(10)4-8(11)12;1-5(7(9)10)8-6-3-2-4-11-6/h5-7,10H,3-4,9H2,1-2H3,(H,11,12);2-5,8H,1H3,(H,9,10). The summed E-state index contributed by atoms with van der Waals surface area (Å²) in [5, 5.41) is 31.7. The first-order chi connectivity index (χ1) is 10.6. The maximum atomic E-state index is 10.4. The van der Waals surface area contributed by atoms with Gasteiger partial charge in [0.05, 0.1) is 17.5 Å². The number of rotatable bonds is 8. The Morgan fingerprint density at radius 3 is 2.30 bits per heavy atom. The highest BCUT2D eigenvalue weighted by molar-refractivity contribution is 7.14. The van der Waals surface area contributed by atoms with Gasteiger partial charge in [-0.3, -0.25) is 9.59 Å². The topological polar surface area (TPSA) is 133 Å². The zero-order valence-electron chi connectivity index (χ0n) is 13.6. The van der Waals surface area contributed by atoms with Gasteiger partial charge in [0.2, 0.25) is 0 Å². The number of carboxylic acids is 2. The molecule has 132 valence electrons. The molecule has 3 unspecified atom stereocenters. The smallest absolute Gasteiger partial charge is 0.325 e. The lowest BCUT2D eigenvalue weighted by molar-refractivity contribution is -0.140. The first-order valence-corrected chi connectivity index (χ1v) is 8.19. The number of carboxylic acid groups (broad SMARTS) is 2. The Balaban J connectivity index is 0.000000422. The Morgan fingerprint density at radius 1 is 1.30 bits per heavy atom. The lowest BCUT2D eigenvalue weighted by atomic mass is 9.98. The van der Waals surface area contributed by atoms with Crippen LogP contribution in [0.3, 0.4) is 0 Å². The highest BCUT2D eigenvalue weighted by Crippen LogP contribution is 2.15. The summed E-state index contributed by atoms with van der Waals surface area (Å²) in [7, 11) is 0. The molecule has 0 bridgehead atoms. The van der Waals surface area contributed by atoms with E-state index in [2.05, 4.69) is 5.32 Å². The number of hydrogen-bond acceptors (Lipinski definition) is 6. The summed E-state index contributed by atoms with van der Waals surface area (Å²) in [6.07, 6.45) is -0.549. The molecule has 0 fully saturated rings. The van der Waals surface area contributed by atoms with Gasteiger partial charge in [-0.2, -0.15) is 0 Å². The van der Waals surface area contributed by atoms with Crippen LogP contribution in [0.15, 0.2) is 17.5 Å². The van der Waals surface area contributed by atoms with Crippen molar-refractivity contribution in [2.75, 3.05) is 5.32 Å². The van der Waals surface area contributed by atoms with Crippen LogP contribution in [0.4, 0.5) is 5.00 Å². The number of aliphatic hydroxyl groups excluding tert-OH is 1. The number of aliphatic carboxylic acids is 2. The number of nitrogens with two attached hydrogens (primary N) is 1. The molecule has 0 saturated carbocycles. The molecule has 3 atom stereocenters. The third-order valence-electron chi connectivity index (χ3n) is 2.87. The molecule has 23 heavy (non-hydrogen) atoms. The lowest BCUT2D eigenvalue weighted by Gasteiger charge is -2.18. The zero-order valence-corrected chi connectivity index (χ0v) is 14.4. The summed E-state index contributed by atoms with van der Waals surface area (Å²) in [4.78, 5) is 20.6. The summed E-state index contributed by atoms with van der Waals surface area (Å²) in [6, 6.07) is 2.78. The minimum atomic E-state index is -1.01. The molecule has 1 aromatic rings. The minimum absolute atomic E-state index is 0.270. The van der Waals surface area contributed by atoms with Gasteiger partial charge in [-0.25, -0.2) is 0 Å². The molecule has 0 spiro atoms. The van der Waals surface area contributed by atoms with Crippen LogP contribution in [0, 0.1) is 5.92 Å². The van der Waals surface area contributed by atoms with Crippen molar-refractivity contribution in [3.05, 3.63) is 17.5 Å². The van der Waals surface area contributed by atoms with Crippen molar-refractivity contribution in [3.63, 3.8) is 0 Å². The van der Waals surface area contributed by atoms with E-state index < -0.39 is 30.1 Å². The van der Waals surface area contributed by atoms with Gasteiger partial charge in [0.15, 0.2) is 0 Å². The van der Waals surface area contributed by atoms with E-state index in [1.165, 1.54) is 11.3 Å². The largest absolute Gasteiger partial charge is 0.481 e. The highest BCUT2D eigenvalue weighted by atomic mass is 32.1. The second-order valence-corrected chi connectivity index (χ2v) is 6.59. The van der Waals surface area contributed by atoms with Crippen LogP contribution in [0.2, 0.25) is 0 Å². The summed E-state index contributed by atoms with van der Waals surface area (Å²) in [5.41, 5.74) is 5.55. The first kappa shape index (κ1) is 21.4. The van der Waals surface area contributed by atoms with Crippen molar-refractivity contribution in [2.24, 2.45) is 11.7 Å². The number of aliphatic hydroxyl groups is 1. The van der Waals surface area contributed by atoms with Crippen molar-refractivity contribution >= 4 is 28.3 Å². The number of hydrogen-bond donors (Lipinski definition) is 5. The van der Waals surface area contributed by atoms with Crippen molar-refractivity contribution < 1.29 is 24.9 Å². The van der Waals surface area contributed by atoms with Crippen LogP contribution in [-0.2, 0) is 9.59 Å². The second kappa shape index (κ2) is 11.0. The van der Waals surface area contributed by atoms with E-state index in [0.717, 1.165) is 5.00 Å². The molecule has 1 aromatic heterocycles. The van der Waals surface area contributed by atoms with Crippen molar-refractivity contribution in [3.8, 4) is 0 Å². The van der Waals surface area contributed by atoms with Crippen molar-refractivity contribution in [1.29, 1.82) is 0 Å². The summed E-state index contributed by atoms with van der Waals surface area (Å²) < 4.78 is 0. The molecule has 7 nitrogen and oxygen atoms in total. The second-order valence-electron chi connectivity index (χ2n) is 5.64. The lowest BCUT2D eigenvalue weighted by Crippen LogP contribution is -2.37. The van der Waals surface area contributed by atoms with Gasteiger partial charge >= 0.3 is 11.9 Å². The average molecular weight is 346 g/mol. The van der Waals surface area contributed by atoms with E-state index >= 15 is 0 Å². The molecule has 0 aliphatic carbocycles. The summed E-state index contributed by atoms with van der Waals surface area (Å²) >= 11 is 1.49. The third kappa shape index (κ3) is 10.7. The van der Waals surface area contributed by atoms with Crippen molar-refractivity contribution in [2.45, 2.75) is 51.8 Å². The van der Waals surface area contributed by atoms with Gasteiger partial charge in [-0.05, 0) is 36.8 Å². The fourth-order valence-corrected chi connectivity index (χ4v) is 2.37. The SMILES string of the molecule is CC(C)CC(N)C(O)CC(=O)O.CC(Nc1cccs1)C(=O)O. The molecule has 1 heterocycles. The van der Waals surface area contributed by atoms with E-state index in [0.29, 0.717) is 12.3 Å². The average Bonchev–Trinajstić information content (AvgIpc) is 2.90. The van der Waals surface area contributed by atoms with Crippen LogP contribution in [-0.4, -0.2) is 45.4 Å². The predicted molar refractivity (Wildman–Crippen MR) is 90.7 cm³/mol. The van der Waals surface area contributed by atoms with Gasteiger partial charge in [0, 0.05) is 6.04 Å². The molecule has 0 amide bonds. The summed E-state index contributed by atoms with van der Waals surface area (Å²) in [5.74, 6) is -1.47. The van der Waals surface area contributed by atoms with E-state index in [4.69, 9.17) is 15.9 Å². The van der Waals surface area contributed by atoms with Crippen LogP contribution in [0.1, 0.15) is 33.6 Å². The van der Waals surface area contributed by atoms with Gasteiger partial charge in [0.1, 0.15) is 6.04 Å². The van der Waals surface area contributed by atoms with Crippen LogP contribution < -0.4 is 11.1 Å². The molecule has 0 aliphatic rings.